The van der Waals surface area contributed by atoms with Gasteiger partial charge in [-0.05, 0) is 35.9 Å². The van der Waals surface area contributed by atoms with Gasteiger partial charge in [-0.25, -0.2) is 9.97 Å². The Kier molecular flexibility index (Phi) is 4.43. The fraction of sp³-hybridized carbons (Fsp3) is 0.200. The maximum absolute atomic E-state index is 12.8. The molecule has 0 aliphatic carbocycles. The Balaban J connectivity index is 1.52. The highest BCUT2D eigenvalue weighted by molar-refractivity contribution is 6.08. The van der Waals surface area contributed by atoms with Crippen LogP contribution in [-0.4, -0.2) is 30.3 Å². The van der Waals surface area contributed by atoms with E-state index in [1.54, 1.807) is 12.4 Å². The average Bonchev–Trinajstić information content (AvgIpc) is 3.36. The second-order valence-electron chi connectivity index (χ2n) is 8.81. The van der Waals surface area contributed by atoms with Crippen molar-refractivity contribution in [1.29, 1.82) is 0 Å². The second kappa shape index (κ2) is 7.16. The first-order valence-electron chi connectivity index (χ1n) is 10.3. The lowest BCUT2D eigenvalue weighted by molar-refractivity contribution is 0.0860. The molecule has 0 unspecified atom stereocenters. The molecule has 154 valence electrons. The van der Waals surface area contributed by atoms with Crippen LogP contribution in [0.1, 0.15) is 36.7 Å². The SMILES string of the molecule is CC(C)(C)C(=O)c1c[nH]c2ncc(-c3ccc4c(ccn4Cc4ccncc4)c3)nc12. The summed E-state index contributed by atoms with van der Waals surface area (Å²) in [7, 11) is 0. The Morgan fingerprint density at radius 2 is 1.90 bits per heavy atom. The zero-order chi connectivity index (χ0) is 21.6. The summed E-state index contributed by atoms with van der Waals surface area (Å²) in [6.07, 6.45) is 9.18. The molecule has 0 spiro atoms. The topological polar surface area (TPSA) is 76.5 Å². The van der Waals surface area contributed by atoms with Crippen LogP contribution in [0.2, 0.25) is 0 Å². The second-order valence-corrected chi connectivity index (χ2v) is 8.81. The maximum Gasteiger partial charge on any atom is 0.171 e. The molecule has 0 saturated heterocycles. The third-order valence-corrected chi connectivity index (χ3v) is 5.48. The Morgan fingerprint density at radius 1 is 1.10 bits per heavy atom. The summed E-state index contributed by atoms with van der Waals surface area (Å²) in [6, 6.07) is 12.4. The van der Waals surface area contributed by atoms with Gasteiger partial charge in [-0.3, -0.25) is 9.78 Å². The van der Waals surface area contributed by atoms with E-state index in [9.17, 15) is 4.79 Å². The van der Waals surface area contributed by atoms with Crippen LogP contribution in [0.5, 0.6) is 0 Å². The number of ketones is 1. The third kappa shape index (κ3) is 3.50. The predicted octanol–water partition coefficient (Wildman–Crippen LogP) is 5.25. The molecule has 5 aromatic rings. The zero-order valence-electron chi connectivity index (χ0n) is 17.8. The molecular weight excluding hydrogens is 386 g/mol. The number of rotatable bonds is 4. The molecule has 6 nitrogen and oxygen atoms in total. The number of nitrogens with one attached hydrogen (secondary N) is 1. The fourth-order valence-corrected chi connectivity index (χ4v) is 3.79. The molecule has 0 fully saturated rings. The standard InChI is InChI=1S/C25H23N5O/c1-25(2,3)23(31)19-13-27-24-22(19)29-20(14-28-24)17-4-5-21-18(12-17)8-11-30(21)15-16-6-9-26-10-7-16/h4-14H,15H2,1-3H3,(H,27,28). The van der Waals surface area contributed by atoms with Crippen LogP contribution in [0.25, 0.3) is 33.3 Å². The minimum atomic E-state index is -0.483. The van der Waals surface area contributed by atoms with Crippen LogP contribution in [-0.2, 0) is 6.54 Å². The van der Waals surface area contributed by atoms with Gasteiger partial charge < -0.3 is 9.55 Å². The van der Waals surface area contributed by atoms with Gasteiger partial charge in [0.2, 0.25) is 0 Å². The number of H-pyrrole nitrogens is 1. The molecule has 0 aliphatic rings. The van der Waals surface area contributed by atoms with Crippen LogP contribution >= 0.6 is 0 Å². The van der Waals surface area contributed by atoms with Gasteiger partial charge in [0, 0.05) is 53.2 Å². The lowest BCUT2D eigenvalue weighted by atomic mass is 9.87. The molecule has 0 aliphatic heterocycles. The van der Waals surface area contributed by atoms with Crippen molar-refractivity contribution in [3.63, 3.8) is 0 Å². The van der Waals surface area contributed by atoms with Crippen LogP contribution in [0.4, 0.5) is 0 Å². The molecule has 6 heteroatoms. The molecule has 0 bridgehead atoms. The van der Waals surface area contributed by atoms with E-state index in [4.69, 9.17) is 4.98 Å². The first kappa shape index (κ1) is 19.2. The van der Waals surface area contributed by atoms with Gasteiger partial charge in [0.05, 0.1) is 17.5 Å². The molecule has 4 heterocycles. The monoisotopic (exact) mass is 409 g/mol. The summed E-state index contributed by atoms with van der Waals surface area (Å²) in [4.78, 5) is 29.3. The molecule has 4 aromatic heterocycles. The van der Waals surface area contributed by atoms with Crippen LogP contribution in [0.3, 0.4) is 0 Å². The van der Waals surface area contributed by atoms with Gasteiger partial charge in [-0.15, -0.1) is 0 Å². The Morgan fingerprint density at radius 3 is 2.68 bits per heavy atom. The third-order valence-electron chi connectivity index (χ3n) is 5.48. The number of carbonyl (C=O) groups excluding carboxylic acids is 1. The van der Waals surface area contributed by atoms with E-state index in [-0.39, 0.29) is 5.78 Å². The van der Waals surface area contributed by atoms with E-state index in [0.717, 1.165) is 28.7 Å². The van der Waals surface area contributed by atoms with Crippen molar-refractivity contribution in [3.05, 3.63) is 78.5 Å². The Hall–Kier alpha value is -3.80. The summed E-state index contributed by atoms with van der Waals surface area (Å²) >= 11 is 0. The first-order chi connectivity index (χ1) is 14.9. The Labute approximate surface area is 180 Å². The van der Waals surface area contributed by atoms with E-state index in [1.165, 1.54) is 5.56 Å². The van der Waals surface area contributed by atoms with E-state index in [2.05, 4.69) is 50.0 Å². The molecule has 1 N–H and O–H groups in total. The quantitative estimate of drug-likeness (QED) is 0.411. The molecule has 0 atom stereocenters. The van der Waals surface area contributed by atoms with Crippen molar-refractivity contribution in [2.75, 3.05) is 0 Å². The molecule has 0 radical (unpaired) electrons. The van der Waals surface area contributed by atoms with Crippen LogP contribution in [0, 0.1) is 5.41 Å². The smallest absolute Gasteiger partial charge is 0.171 e. The summed E-state index contributed by atoms with van der Waals surface area (Å²) in [6.45, 7) is 6.53. The highest BCUT2D eigenvalue weighted by Gasteiger charge is 2.26. The first-order valence-corrected chi connectivity index (χ1v) is 10.3. The predicted molar refractivity (Wildman–Crippen MR) is 122 cm³/mol. The van der Waals surface area contributed by atoms with Crippen molar-refractivity contribution in [2.24, 2.45) is 5.41 Å². The lowest BCUT2D eigenvalue weighted by Crippen LogP contribution is -2.20. The number of benzene rings is 1. The number of pyridine rings is 1. The van der Waals surface area contributed by atoms with Crippen molar-refractivity contribution in [1.82, 2.24) is 24.5 Å². The number of aromatic nitrogens is 5. The Bertz CT molecular complexity index is 1410. The van der Waals surface area contributed by atoms with Gasteiger partial charge in [0.1, 0.15) is 5.52 Å². The van der Waals surface area contributed by atoms with Gasteiger partial charge >= 0.3 is 0 Å². The van der Waals surface area contributed by atoms with E-state index >= 15 is 0 Å². The number of nitrogens with zero attached hydrogens (tertiary/aromatic N) is 4. The number of aromatic amines is 1. The van der Waals surface area contributed by atoms with E-state index < -0.39 is 5.41 Å². The largest absolute Gasteiger partial charge is 0.344 e. The van der Waals surface area contributed by atoms with Crippen molar-refractivity contribution in [3.8, 4) is 11.3 Å². The average molecular weight is 409 g/mol. The van der Waals surface area contributed by atoms with Crippen LogP contribution < -0.4 is 0 Å². The lowest BCUT2D eigenvalue weighted by Gasteiger charge is -2.15. The highest BCUT2D eigenvalue weighted by Crippen LogP contribution is 2.28. The summed E-state index contributed by atoms with van der Waals surface area (Å²) in [5.41, 5.74) is 5.42. The van der Waals surface area contributed by atoms with Crippen molar-refractivity contribution in [2.45, 2.75) is 27.3 Å². The highest BCUT2D eigenvalue weighted by atomic mass is 16.1. The number of hydrogen-bond acceptors (Lipinski definition) is 4. The molecule has 1 aromatic carbocycles. The van der Waals surface area contributed by atoms with E-state index in [1.807, 2.05) is 45.3 Å². The van der Waals surface area contributed by atoms with E-state index in [0.29, 0.717) is 16.7 Å². The zero-order valence-corrected chi connectivity index (χ0v) is 17.8. The fourth-order valence-electron chi connectivity index (χ4n) is 3.79. The number of hydrogen-bond donors (Lipinski definition) is 1. The van der Waals surface area contributed by atoms with Gasteiger partial charge in [-0.1, -0.05) is 26.8 Å². The van der Waals surface area contributed by atoms with Crippen LogP contribution in [0.15, 0.2) is 67.4 Å². The summed E-state index contributed by atoms with van der Waals surface area (Å²) < 4.78 is 2.22. The van der Waals surface area contributed by atoms with Crippen molar-refractivity contribution >= 4 is 27.9 Å². The van der Waals surface area contributed by atoms with Gasteiger partial charge in [0.15, 0.2) is 11.4 Å². The number of fused-ring (bicyclic) bond motifs is 2. The van der Waals surface area contributed by atoms with Gasteiger partial charge in [-0.2, -0.15) is 0 Å². The molecule has 0 saturated carbocycles. The van der Waals surface area contributed by atoms with Gasteiger partial charge in [0.25, 0.3) is 0 Å². The summed E-state index contributed by atoms with van der Waals surface area (Å²) in [5.74, 6) is 0.0499. The minimum Gasteiger partial charge on any atom is -0.344 e. The maximum atomic E-state index is 12.8. The minimum absolute atomic E-state index is 0.0499. The number of Topliss-reactive ketones (excluding diaryl/α,β-unsaturated/α-hetero) is 1. The normalized spacial score (nSPS) is 12.0. The molecular formula is C25H23N5O. The molecule has 31 heavy (non-hydrogen) atoms. The summed E-state index contributed by atoms with van der Waals surface area (Å²) in [5, 5.41) is 1.13. The van der Waals surface area contributed by atoms with Crippen molar-refractivity contribution < 1.29 is 4.79 Å². The molecule has 0 amide bonds. The number of carbonyl (C=O) groups is 1. The molecule has 5 rings (SSSR count).